The highest BCUT2D eigenvalue weighted by Crippen LogP contribution is 2.32. The van der Waals surface area contributed by atoms with Crippen LogP contribution in [0.3, 0.4) is 0 Å². The monoisotopic (exact) mass is 165 g/mol. The first-order valence-electron chi connectivity index (χ1n) is 4.66. The number of nitrogens with zero attached hydrogens (tertiary/aromatic N) is 1. The first kappa shape index (κ1) is 9.25. The van der Waals surface area contributed by atoms with Crippen LogP contribution in [0.5, 0.6) is 0 Å². The lowest BCUT2D eigenvalue weighted by Gasteiger charge is -2.27. The maximum absolute atomic E-state index is 11.1. The van der Waals surface area contributed by atoms with Crippen LogP contribution in [0.4, 0.5) is 0 Å². The molecule has 0 aliphatic heterocycles. The highest BCUT2D eigenvalue weighted by Gasteiger charge is 2.27. The second kappa shape index (κ2) is 4.25. The van der Waals surface area contributed by atoms with Crippen molar-refractivity contribution >= 4 is 5.78 Å². The van der Waals surface area contributed by atoms with Gasteiger partial charge in [0.05, 0.1) is 6.07 Å². The van der Waals surface area contributed by atoms with Gasteiger partial charge in [0.15, 0.2) is 0 Å². The summed E-state index contributed by atoms with van der Waals surface area (Å²) in [6, 6.07) is 2.17. The van der Waals surface area contributed by atoms with Gasteiger partial charge < -0.3 is 0 Å². The van der Waals surface area contributed by atoms with Gasteiger partial charge in [-0.2, -0.15) is 5.26 Å². The third-order valence-electron chi connectivity index (χ3n) is 2.83. The average molecular weight is 165 g/mol. The fourth-order valence-corrected chi connectivity index (χ4v) is 2.04. The number of hydrogen-bond donors (Lipinski definition) is 0. The molecule has 2 nitrogen and oxygen atoms in total. The van der Waals surface area contributed by atoms with Gasteiger partial charge in [0.2, 0.25) is 0 Å². The van der Waals surface area contributed by atoms with E-state index in [-0.39, 0.29) is 0 Å². The molecule has 1 rings (SSSR count). The van der Waals surface area contributed by atoms with Crippen molar-refractivity contribution < 1.29 is 4.79 Å². The van der Waals surface area contributed by atoms with Crippen molar-refractivity contribution in [2.45, 2.75) is 39.0 Å². The van der Waals surface area contributed by atoms with Crippen LogP contribution in [0.15, 0.2) is 0 Å². The van der Waals surface area contributed by atoms with Crippen LogP contribution in [-0.2, 0) is 4.79 Å². The quantitative estimate of drug-likeness (QED) is 0.630. The molecule has 0 heterocycles. The number of carbonyl (C=O) groups excluding carboxylic acids is 1. The summed E-state index contributed by atoms with van der Waals surface area (Å²) in [6.07, 6.45) is 4.05. The van der Waals surface area contributed by atoms with Crippen LogP contribution in [0.2, 0.25) is 0 Å². The molecule has 0 aromatic heterocycles. The molecule has 2 unspecified atom stereocenters. The van der Waals surface area contributed by atoms with Crippen molar-refractivity contribution in [3.8, 4) is 6.07 Å². The Kier molecular flexibility index (Phi) is 3.28. The van der Waals surface area contributed by atoms with E-state index in [9.17, 15) is 4.79 Å². The summed E-state index contributed by atoms with van der Waals surface area (Å²) in [6.45, 7) is 2.14. The highest BCUT2D eigenvalue weighted by atomic mass is 16.1. The van der Waals surface area contributed by atoms with Gasteiger partial charge in [-0.25, -0.2) is 0 Å². The summed E-state index contributed by atoms with van der Waals surface area (Å²) < 4.78 is 0. The molecular weight excluding hydrogens is 150 g/mol. The van der Waals surface area contributed by atoms with E-state index in [2.05, 4.69) is 13.0 Å². The third kappa shape index (κ3) is 2.07. The molecular formula is C10H15NO. The minimum atomic E-state index is 0.347. The summed E-state index contributed by atoms with van der Waals surface area (Å²) in [5.41, 5.74) is 0. The smallest absolute Gasteiger partial charge is 0.133 e. The molecule has 66 valence electrons. The third-order valence-corrected chi connectivity index (χ3v) is 2.83. The minimum Gasteiger partial charge on any atom is -0.300 e. The van der Waals surface area contributed by atoms with Crippen LogP contribution in [0.1, 0.15) is 39.0 Å². The Morgan fingerprint density at radius 1 is 1.58 bits per heavy atom. The largest absolute Gasteiger partial charge is 0.300 e. The van der Waals surface area contributed by atoms with Crippen LogP contribution >= 0.6 is 0 Å². The molecule has 12 heavy (non-hydrogen) atoms. The van der Waals surface area contributed by atoms with E-state index in [1.165, 1.54) is 0 Å². The zero-order valence-electron chi connectivity index (χ0n) is 7.55. The highest BCUT2D eigenvalue weighted by molar-refractivity contribution is 5.79. The van der Waals surface area contributed by atoms with Gasteiger partial charge in [0, 0.05) is 19.3 Å². The van der Waals surface area contributed by atoms with Gasteiger partial charge in [-0.3, -0.25) is 4.79 Å². The van der Waals surface area contributed by atoms with Crippen LogP contribution in [-0.4, -0.2) is 5.78 Å². The Morgan fingerprint density at radius 3 is 2.92 bits per heavy atom. The molecule has 0 saturated heterocycles. The lowest BCUT2D eigenvalue weighted by molar-refractivity contribution is -0.122. The molecule has 0 N–H and O–H groups in total. The summed E-state index contributed by atoms with van der Waals surface area (Å²) in [5, 5.41) is 8.56. The zero-order valence-corrected chi connectivity index (χ0v) is 7.55. The number of Topliss-reactive ketones (excluding diaryl/α,β-unsaturated/α-hetero) is 1. The number of rotatable bonds is 2. The molecule has 0 spiro atoms. The van der Waals surface area contributed by atoms with Crippen LogP contribution < -0.4 is 0 Å². The van der Waals surface area contributed by atoms with E-state index in [1.54, 1.807) is 0 Å². The second-order valence-corrected chi connectivity index (χ2v) is 3.57. The Bertz CT molecular complexity index is 204. The molecule has 1 fully saturated rings. The van der Waals surface area contributed by atoms with Crippen molar-refractivity contribution in [2.24, 2.45) is 11.8 Å². The summed E-state index contributed by atoms with van der Waals surface area (Å²) >= 11 is 0. The molecule has 0 amide bonds. The Balaban J connectivity index is 2.52. The van der Waals surface area contributed by atoms with Crippen molar-refractivity contribution in [3.63, 3.8) is 0 Å². The lowest BCUT2D eigenvalue weighted by atomic mass is 9.76. The number of hydrogen-bond acceptors (Lipinski definition) is 2. The summed E-state index contributed by atoms with van der Waals surface area (Å²) in [4.78, 5) is 11.1. The first-order chi connectivity index (χ1) is 5.77. The van der Waals surface area contributed by atoms with Crippen molar-refractivity contribution in [2.75, 3.05) is 0 Å². The molecule has 1 aliphatic carbocycles. The van der Waals surface area contributed by atoms with Gasteiger partial charge in [0.25, 0.3) is 0 Å². The van der Waals surface area contributed by atoms with E-state index in [1.807, 2.05) is 0 Å². The Labute approximate surface area is 73.6 Å². The SMILES string of the molecule is CCC1CCC(=O)CC1CC#N. The van der Waals surface area contributed by atoms with E-state index >= 15 is 0 Å². The van der Waals surface area contributed by atoms with Crippen molar-refractivity contribution in [3.05, 3.63) is 0 Å². The fraction of sp³-hybridized carbons (Fsp3) is 0.800. The second-order valence-electron chi connectivity index (χ2n) is 3.57. The molecule has 1 aliphatic rings. The molecule has 0 bridgehead atoms. The fourth-order valence-electron chi connectivity index (χ4n) is 2.04. The normalized spacial score (nSPS) is 29.8. The molecule has 0 radical (unpaired) electrons. The summed E-state index contributed by atoms with van der Waals surface area (Å²) in [5.74, 6) is 1.31. The van der Waals surface area contributed by atoms with Crippen LogP contribution in [0, 0.1) is 23.2 Å². The maximum Gasteiger partial charge on any atom is 0.133 e. The van der Waals surface area contributed by atoms with E-state index < -0.39 is 0 Å². The number of carbonyl (C=O) groups is 1. The van der Waals surface area contributed by atoms with Gasteiger partial charge in [0.1, 0.15) is 5.78 Å². The lowest BCUT2D eigenvalue weighted by Crippen LogP contribution is -2.24. The van der Waals surface area contributed by atoms with Gasteiger partial charge in [-0.15, -0.1) is 0 Å². The molecule has 2 atom stereocenters. The molecule has 0 aromatic rings. The minimum absolute atomic E-state index is 0.347. The van der Waals surface area contributed by atoms with Crippen LogP contribution in [0.25, 0.3) is 0 Å². The van der Waals surface area contributed by atoms with Crippen molar-refractivity contribution in [1.82, 2.24) is 0 Å². The van der Waals surface area contributed by atoms with E-state index in [0.717, 1.165) is 19.3 Å². The summed E-state index contributed by atoms with van der Waals surface area (Å²) in [7, 11) is 0. The predicted octanol–water partition coefficient (Wildman–Crippen LogP) is 2.30. The average Bonchev–Trinajstić information content (AvgIpc) is 2.05. The van der Waals surface area contributed by atoms with Gasteiger partial charge in [-0.05, 0) is 18.3 Å². The van der Waals surface area contributed by atoms with Gasteiger partial charge >= 0.3 is 0 Å². The number of ketones is 1. The van der Waals surface area contributed by atoms with Gasteiger partial charge in [-0.1, -0.05) is 13.3 Å². The Morgan fingerprint density at radius 2 is 2.33 bits per heavy atom. The topological polar surface area (TPSA) is 40.9 Å². The standard InChI is InChI=1S/C10H15NO/c1-2-8-3-4-10(12)7-9(8)5-6-11/h8-9H,2-5,7H2,1H3. The predicted molar refractivity (Wildman–Crippen MR) is 46.4 cm³/mol. The first-order valence-corrected chi connectivity index (χ1v) is 4.66. The van der Waals surface area contributed by atoms with E-state index in [0.29, 0.717) is 30.5 Å². The molecule has 1 saturated carbocycles. The number of nitriles is 1. The van der Waals surface area contributed by atoms with E-state index in [4.69, 9.17) is 5.26 Å². The molecule has 0 aromatic carbocycles. The Hall–Kier alpha value is -0.840. The zero-order chi connectivity index (χ0) is 8.97. The van der Waals surface area contributed by atoms with Crippen molar-refractivity contribution in [1.29, 1.82) is 5.26 Å². The maximum atomic E-state index is 11.1. The molecule has 2 heteroatoms.